The molecule has 35 nitrogen and oxygen atoms in total. The SMILES string of the molecule is CC[C@H](C)[C@H](N)C(=O)N[C@@H](CCCN=C(N)N)C(=O)N[C@@H](CO)C(=O)N[C@H](C(=O)N[C@@H](COP(=O)(O)O)C(=O)N[C@H](C(=O)N1CCC[C@H]1C(=O)N[C@@H](CC(N)=O)C(=O)N[C@H](C(=O)N[C@@H](Cc1cnc[nH]1)C(=O)O)C(C)C)[C@@H](C)O)[C@@H](C)O. The van der Waals surface area contributed by atoms with Crippen molar-refractivity contribution in [3.8, 4) is 0 Å². The molecule has 0 aliphatic carbocycles. The van der Waals surface area contributed by atoms with Crippen LogP contribution in [0.3, 0.4) is 0 Å². The number of nitrogens with two attached hydrogens (primary N) is 4. The first-order valence-electron chi connectivity index (χ1n) is 25.9. The van der Waals surface area contributed by atoms with Gasteiger partial charge in [-0.2, -0.15) is 0 Å². The Bertz CT molecular complexity index is 2460. The molecule has 2 rings (SSSR count). The third kappa shape index (κ3) is 23.2. The number of carbonyl (C=O) groups excluding carboxylic acids is 10. The Morgan fingerprint density at radius 3 is 1.82 bits per heavy atom. The quantitative estimate of drug-likeness (QED) is 0.0130. The lowest BCUT2D eigenvalue weighted by atomic mass is 9.98. The minimum absolute atomic E-state index is 0.0206. The fourth-order valence-corrected chi connectivity index (χ4v) is 8.31. The summed E-state index contributed by atoms with van der Waals surface area (Å²) in [6.07, 6.45) is -1.55. The monoisotopic (exact) mass is 1190 g/mol. The molecular weight excluding hydrogens is 1110 g/mol. The molecule has 23 N–H and O–H groups in total. The number of carboxylic acids is 1. The number of nitrogens with zero attached hydrogens (tertiary/aromatic N) is 3. The number of aliphatic hydroxyl groups is 3. The summed E-state index contributed by atoms with van der Waals surface area (Å²) in [6.45, 7) is 5.84. The first kappa shape index (κ1) is 70.7. The molecule has 1 aromatic rings. The normalized spacial score (nSPS) is 17.7. The molecule has 36 heteroatoms. The molecule has 82 heavy (non-hydrogen) atoms. The van der Waals surface area contributed by atoms with Crippen LogP contribution in [0, 0.1) is 11.8 Å². The number of phosphoric ester groups is 1. The number of hydrogen-bond donors (Lipinski definition) is 19. The molecule has 462 valence electrons. The van der Waals surface area contributed by atoms with Crippen LogP contribution in [-0.4, -0.2) is 215 Å². The molecule has 13 atom stereocenters. The Morgan fingerprint density at radius 1 is 0.756 bits per heavy atom. The number of amides is 10. The number of imidazole rings is 1. The highest BCUT2D eigenvalue weighted by Crippen LogP contribution is 2.35. The third-order valence-electron chi connectivity index (χ3n) is 12.8. The smallest absolute Gasteiger partial charge is 0.469 e. The van der Waals surface area contributed by atoms with Crippen LogP contribution in [0.25, 0.3) is 0 Å². The predicted octanol–water partition coefficient (Wildman–Crippen LogP) is -8.27. The van der Waals surface area contributed by atoms with Crippen molar-refractivity contribution < 1.29 is 92.0 Å². The number of carboxylic acid groups (broad SMARTS) is 1. The largest absolute Gasteiger partial charge is 0.480 e. The predicted molar refractivity (Wildman–Crippen MR) is 285 cm³/mol. The van der Waals surface area contributed by atoms with Gasteiger partial charge >= 0.3 is 13.8 Å². The molecule has 10 amide bonds. The number of nitrogens with one attached hydrogen (secondary N) is 9. The standard InChI is InChI=1S/C46H79N16O19P/c1-7-21(4)32(48)41(72)54-25(10-8-12-52-46(49)50)36(67)57-28(17-63)38(69)60-34(22(5)64)43(74)58-29(18-81-82(78,79)80)39(70)61-35(23(6)65)44(75)62-13-9-11-30(62)40(71)55-26(15-31(47)66)37(68)59-33(20(2)3)42(73)56-27(45(76)77)14-24-16-51-19-53-24/h16,19-23,25-30,32-35,63-65H,7-15,17-18,48H2,1-6H3,(H2,47,66)(H,51,53)(H,54,72)(H,55,71)(H,56,73)(H,57,67)(H,58,74)(H,59,68)(H,60,69)(H,61,70)(H,76,77)(H4,49,50,52)(H2,78,79,80)/t21-,22+,23+,25-,26-,27-,28-,29-,30-,32-,33-,34-,35-/m0/s1. The lowest BCUT2D eigenvalue weighted by Gasteiger charge is -2.32. The Hall–Kier alpha value is -7.40. The summed E-state index contributed by atoms with van der Waals surface area (Å²) in [6, 6.07) is -16.8. The van der Waals surface area contributed by atoms with Gasteiger partial charge in [0.15, 0.2) is 5.96 Å². The summed E-state index contributed by atoms with van der Waals surface area (Å²) >= 11 is 0. The number of aromatic amines is 1. The van der Waals surface area contributed by atoms with Gasteiger partial charge in [0, 0.05) is 31.4 Å². The van der Waals surface area contributed by atoms with Crippen molar-refractivity contribution in [2.75, 3.05) is 26.3 Å². The molecule has 0 spiro atoms. The maximum atomic E-state index is 14.2. The summed E-state index contributed by atoms with van der Waals surface area (Å²) in [4.78, 5) is 177. The number of likely N-dealkylation sites (tertiary alicyclic amines) is 1. The minimum atomic E-state index is -5.46. The van der Waals surface area contributed by atoms with Crippen LogP contribution in [-0.2, 0) is 68.2 Å². The van der Waals surface area contributed by atoms with E-state index in [0.29, 0.717) is 12.1 Å². The van der Waals surface area contributed by atoms with Crippen LogP contribution in [0.2, 0.25) is 0 Å². The van der Waals surface area contributed by atoms with Crippen molar-refractivity contribution in [1.82, 2.24) is 57.4 Å². The third-order valence-corrected chi connectivity index (χ3v) is 13.3. The number of carbonyl (C=O) groups is 11. The van der Waals surface area contributed by atoms with Crippen molar-refractivity contribution >= 4 is 78.8 Å². The highest BCUT2D eigenvalue weighted by atomic mass is 31.2. The van der Waals surface area contributed by atoms with E-state index in [2.05, 4.69) is 56.7 Å². The van der Waals surface area contributed by atoms with Crippen molar-refractivity contribution in [3.63, 3.8) is 0 Å². The fraction of sp³-hybridized carbons (Fsp3) is 0.674. The number of aliphatic imine (C=N–C) groups is 1. The van der Waals surface area contributed by atoms with Gasteiger partial charge in [0.05, 0.1) is 44.2 Å². The van der Waals surface area contributed by atoms with Gasteiger partial charge in [0.25, 0.3) is 0 Å². The van der Waals surface area contributed by atoms with E-state index in [1.54, 1.807) is 13.8 Å². The van der Waals surface area contributed by atoms with E-state index in [1.165, 1.54) is 26.4 Å². The van der Waals surface area contributed by atoms with Crippen LogP contribution in [0.5, 0.6) is 0 Å². The lowest BCUT2D eigenvalue weighted by molar-refractivity contribution is -0.145. The molecule has 2 heterocycles. The van der Waals surface area contributed by atoms with E-state index in [1.807, 2.05) is 5.32 Å². The van der Waals surface area contributed by atoms with Crippen LogP contribution < -0.4 is 65.5 Å². The van der Waals surface area contributed by atoms with Crippen molar-refractivity contribution in [2.24, 2.45) is 39.8 Å². The van der Waals surface area contributed by atoms with Crippen LogP contribution in [0.4, 0.5) is 0 Å². The van der Waals surface area contributed by atoms with E-state index < -0.39 is 171 Å². The molecule has 0 bridgehead atoms. The highest BCUT2D eigenvalue weighted by molar-refractivity contribution is 7.46. The molecule has 0 saturated carbocycles. The number of guanidine groups is 1. The second-order valence-electron chi connectivity index (χ2n) is 19.8. The number of phosphoric acid groups is 1. The van der Waals surface area contributed by atoms with E-state index in [-0.39, 0.29) is 57.1 Å². The summed E-state index contributed by atoms with van der Waals surface area (Å²) in [5, 5.41) is 59.4. The molecule has 0 radical (unpaired) electrons. The molecule has 1 aliphatic heterocycles. The zero-order valence-corrected chi connectivity index (χ0v) is 47.0. The van der Waals surface area contributed by atoms with Gasteiger partial charge in [-0.1, -0.05) is 34.1 Å². The first-order valence-corrected chi connectivity index (χ1v) is 27.5. The number of primary amides is 1. The van der Waals surface area contributed by atoms with Crippen molar-refractivity contribution in [1.29, 1.82) is 0 Å². The van der Waals surface area contributed by atoms with E-state index >= 15 is 0 Å². The Balaban J connectivity index is 2.34. The van der Waals surface area contributed by atoms with Gasteiger partial charge in [0.1, 0.15) is 54.4 Å². The molecule has 0 unspecified atom stereocenters. The lowest BCUT2D eigenvalue weighted by Crippen LogP contribution is -2.63. The molecule has 0 aromatic carbocycles. The van der Waals surface area contributed by atoms with Gasteiger partial charge in [-0.25, -0.2) is 14.3 Å². The number of rotatable bonds is 35. The highest BCUT2D eigenvalue weighted by Gasteiger charge is 2.43. The van der Waals surface area contributed by atoms with Crippen molar-refractivity contribution in [3.05, 3.63) is 18.2 Å². The molecule has 1 aromatic heterocycles. The van der Waals surface area contributed by atoms with E-state index in [4.69, 9.17) is 22.9 Å². The van der Waals surface area contributed by atoms with Gasteiger partial charge in [-0.3, -0.25) is 57.5 Å². The average Bonchev–Trinajstić information content (AvgIpc) is 4.26. The number of aliphatic hydroxyl groups excluding tert-OH is 3. The maximum absolute atomic E-state index is 14.2. The molecule has 1 fully saturated rings. The van der Waals surface area contributed by atoms with Crippen LogP contribution in [0.15, 0.2) is 17.5 Å². The zero-order valence-electron chi connectivity index (χ0n) is 46.1. The van der Waals surface area contributed by atoms with Crippen molar-refractivity contribution in [2.45, 2.75) is 159 Å². The van der Waals surface area contributed by atoms with Crippen LogP contribution >= 0.6 is 7.82 Å². The van der Waals surface area contributed by atoms with Gasteiger partial charge in [-0.05, 0) is 51.4 Å². The minimum Gasteiger partial charge on any atom is -0.480 e. The van der Waals surface area contributed by atoms with E-state index in [0.717, 1.165) is 18.7 Å². The first-order chi connectivity index (χ1) is 38.2. The zero-order chi connectivity index (χ0) is 62.3. The Morgan fingerprint density at radius 2 is 1.29 bits per heavy atom. The van der Waals surface area contributed by atoms with E-state index in [9.17, 15) is 87.5 Å². The van der Waals surface area contributed by atoms with Gasteiger partial charge < -0.3 is 106 Å². The second-order valence-corrected chi connectivity index (χ2v) is 21.0. The number of aliphatic carboxylic acids is 1. The number of aromatic nitrogens is 2. The van der Waals surface area contributed by atoms with Gasteiger partial charge in [0.2, 0.25) is 59.1 Å². The number of H-pyrrole nitrogens is 1. The summed E-state index contributed by atoms with van der Waals surface area (Å²) < 4.78 is 16.3. The topological polar surface area (TPSA) is 580 Å². The average molecular weight is 1190 g/mol. The number of hydrogen-bond acceptors (Lipinski definition) is 19. The molecule has 1 saturated heterocycles. The summed E-state index contributed by atoms with van der Waals surface area (Å²) in [5.74, 6) is -14.0. The summed E-state index contributed by atoms with van der Waals surface area (Å²) in [5.41, 5.74) is 22.6. The molecular formula is C46H79N16O19P. The molecule has 1 aliphatic rings. The van der Waals surface area contributed by atoms with Crippen LogP contribution in [0.1, 0.15) is 85.8 Å². The second kappa shape index (κ2) is 33.5. The Kier molecular flexibility index (Phi) is 28.9. The Labute approximate surface area is 470 Å². The summed E-state index contributed by atoms with van der Waals surface area (Å²) in [7, 11) is -5.46. The van der Waals surface area contributed by atoms with Gasteiger partial charge in [-0.15, -0.1) is 0 Å². The fourth-order valence-electron chi connectivity index (χ4n) is 7.96. The maximum Gasteiger partial charge on any atom is 0.469 e.